The van der Waals surface area contributed by atoms with Gasteiger partial charge in [0.25, 0.3) is 0 Å². The number of hydrogen-bond acceptors (Lipinski definition) is 6. The number of nitrogens with zero attached hydrogens (tertiary/aromatic N) is 5. The number of halogens is 4. The van der Waals surface area contributed by atoms with E-state index in [-0.39, 0.29) is 12.0 Å². The summed E-state index contributed by atoms with van der Waals surface area (Å²) in [7, 11) is 1.65. The van der Waals surface area contributed by atoms with Crippen molar-refractivity contribution in [3.05, 3.63) is 41.3 Å². The van der Waals surface area contributed by atoms with E-state index >= 15 is 0 Å². The van der Waals surface area contributed by atoms with Crippen LogP contribution in [0.4, 0.5) is 24.9 Å². The SMILES string of the molecule is CN=C(NCCNc1nccc(C(F)(F)F)n1)NC1CCN(c2ncccc2Cl)C1. The smallest absolute Gasteiger partial charge is 0.355 e. The third-order valence-electron chi connectivity index (χ3n) is 4.44. The zero-order chi connectivity index (χ0) is 21.6. The van der Waals surface area contributed by atoms with E-state index < -0.39 is 11.9 Å². The Hall–Kier alpha value is -2.82. The van der Waals surface area contributed by atoms with Crippen LogP contribution >= 0.6 is 11.6 Å². The average Bonchev–Trinajstić information content (AvgIpc) is 3.18. The van der Waals surface area contributed by atoms with Crippen LogP contribution in [0.25, 0.3) is 0 Å². The maximum absolute atomic E-state index is 12.7. The molecule has 1 saturated heterocycles. The van der Waals surface area contributed by atoms with E-state index in [9.17, 15) is 13.2 Å². The van der Waals surface area contributed by atoms with Gasteiger partial charge in [-0.05, 0) is 24.6 Å². The molecule has 162 valence electrons. The van der Waals surface area contributed by atoms with Gasteiger partial charge in [0.05, 0.1) is 5.02 Å². The van der Waals surface area contributed by atoms with Gasteiger partial charge in [-0.25, -0.2) is 15.0 Å². The molecule has 1 atom stereocenters. The number of hydrogen-bond donors (Lipinski definition) is 3. The van der Waals surface area contributed by atoms with Crippen LogP contribution in [0.1, 0.15) is 12.1 Å². The van der Waals surface area contributed by atoms with Gasteiger partial charge < -0.3 is 20.9 Å². The monoisotopic (exact) mass is 442 g/mol. The molecule has 0 amide bonds. The van der Waals surface area contributed by atoms with Crippen LogP contribution in [0, 0.1) is 0 Å². The molecule has 0 bridgehead atoms. The van der Waals surface area contributed by atoms with E-state index in [2.05, 4.69) is 40.8 Å². The second-order valence-electron chi connectivity index (χ2n) is 6.57. The molecule has 12 heteroatoms. The highest BCUT2D eigenvalue weighted by Crippen LogP contribution is 2.27. The second kappa shape index (κ2) is 9.79. The van der Waals surface area contributed by atoms with Gasteiger partial charge in [-0.3, -0.25) is 4.99 Å². The number of guanidine groups is 1. The van der Waals surface area contributed by atoms with Gasteiger partial charge in [0.1, 0.15) is 11.5 Å². The van der Waals surface area contributed by atoms with Crippen LogP contribution in [0.15, 0.2) is 35.6 Å². The standard InChI is InChI=1S/C18H22ClF3N8/c1-23-16(26-8-9-27-17-25-7-4-14(29-17)18(20,21)22)28-12-5-10-30(11-12)15-13(19)3-2-6-24-15/h2-4,6-7,12H,5,8-11H2,1H3,(H2,23,26,28)(H,25,27,29). The van der Waals surface area contributed by atoms with Crippen molar-refractivity contribution in [1.82, 2.24) is 25.6 Å². The molecular formula is C18H22ClF3N8. The molecule has 0 aromatic carbocycles. The first-order chi connectivity index (χ1) is 14.4. The first-order valence-corrected chi connectivity index (χ1v) is 9.71. The zero-order valence-electron chi connectivity index (χ0n) is 16.2. The van der Waals surface area contributed by atoms with Gasteiger partial charge in [-0.1, -0.05) is 11.6 Å². The molecule has 3 heterocycles. The van der Waals surface area contributed by atoms with E-state index in [0.717, 1.165) is 37.6 Å². The summed E-state index contributed by atoms with van der Waals surface area (Å²) < 4.78 is 38.1. The van der Waals surface area contributed by atoms with Crippen molar-refractivity contribution in [2.75, 3.05) is 43.4 Å². The van der Waals surface area contributed by atoms with E-state index in [0.29, 0.717) is 24.1 Å². The Morgan fingerprint density at radius 2 is 2.10 bits per heavy atom. The molecule has 0 spiro atoms. The predicted octanol–water partition coefficient (Wildman–Crippen LogP) is 2.40. The average molecular weight is 443 g/mol. The molecule has 1 aliphatic heterocycles. The van der Waals surface area contributed by atoms with Gasteiger partial charge in [0.15, 0.2) is 5.96 Å². The number of pyridine rings is 1. The molecule has 8 nitrogen and oxygen atoms in total. The zero-order valence-corrected chi connectivity index (χ0v) is 17.0. The molecular weight excluding hydrogens is 421 g/mol. The summed E-state index contributed by atoms with van der Waals surface area (Å²) in [4.78, 5) is 17.9. The number of nitrogens with one attached hydrogen (secondary N) is 3. The first kappa shape index (κ1) is 21.9. The molecule has 3 rings (SSSR count). The topological polar surface area (TPSA) is 90.4 Å². The third kappa shape index (κ3) is 5.85. The highest BCUT2D eigenvalue weighted by atomic mass is 35.5. The normalized spacial score (nSPS) is 17.2. The first-order valence-electron chi connectivity index (χ1n) is 9.33. The summed E-state index contributed by atoms with van der Waals surface area (Å²) in [6.45, 7) is 2.29. The lowest BCUT2D eigenvalue weighted by atomic mass is 10.3. The lowest BCUT2D eigenvalue weighted by molar-refractivity contribution is -0.141. The van der Waals surface area contributed by atoms with Crippen LogP contribution in [-0.2, 0) is 6.18 Å². The second-order valence-corrected chi connectivity index (χ2v) is 6.98. The Labute approximate surface area is 177 Å². The van der Waals surface area contributed by atoms with Gasteiger partial charge in [-0.15, -0.1) is 0 Å². The van der Waals surface area contributed by atoms with Crippen molar-refractivity contribution in [3.63, 3.8) is 0 Å². The maximum Gasteiger partial charge on any atom is 0.433 e. The minimum absolute atomic E-state index is 0.0757. The number of alkyl halides is 3. The van der Waals surface area contributed by atoms with Gasteiger partial charge in [0, 0.05) is 51.7 Å². The Bertz CT molecular complexity index is 877. The quantitative estimate of drug-likeness (QED) is 0.359. The summed E-state index contributed by atoms with van der Waals surface area (Å²) in [5, 5.41) is 9.83. The van der Waals surface area contributed by atoms with Crippen LogP contribution in [-0.4, -0.2) is 60.2 Å². The molecule has 2 aromatic heterocycles. The van der Waals surface area contributed by atoms with Crippen molar-refractivity contribution in [3.8, 4) is 0 Å². The van der Waals surface area contributed by atoms with Gasteiger partial charge >= 0.3 is 6.18 Å². The number of rotatable bonds is 6. The summed E-state index contributed by atoms with van der Waals surface area (Å²) in [5.74, 6) is 1.28. The van der Waals surface area contributed by atoms with E-state index in [4.69, 9.17) is 11.6 Å². The van der Waals surface area contributed by atoms with Crippen LogP contribution < -0.4 is 20.9 Å². The molecule has 30 heavy (non-hydrogen) atoms. The van der Waals surface area contributed by atoms with Crippen LogP contribution in [0.3, 0.4) is 0 Å². The molecule has 1 unspecified atom stereocenters. The fraction of sp³-hybridized carbons (Fsp3) is 0.444. The van der Waals surface area contributed by atoms with E-state index in [1.54, 1.807) is 19.3 Å². The number of anilines is 2. The van der Waals surface area contributed by atoms with Crippen molar-refractivity contribution in [2.45, 2.75) is 18.6 Å². The maximum atomic E-state index is 12.7. The van der Waals surface area contributed by atoms with Gasteiger partial charge in [-0.2, -0.15) is 13.2 Å². The van der Waals surface area contributed by atoms with Crippen molar-refractivity contribution in [1.29, 1.82) is 0 Å². The lowest BCUT2D eigenvalue weighted by Crippen LogP contribution is -2.45. The highest BCUT2D eigenvalue weighted by Gasteiger charge is 2.32. The molecule has 0 saturated carbocycles. The van der Waals surface area contributed by atoms with Crippen LogP contribution in [0.2, 0.25) is 5.02 Å². The Morgan fingerprint density at radius 3 is 2.83 bits per heavy atom. The van der Waals surface area contributed by atoms with Crippen molar-refractivity contribution in [2.24, 2.45) is 4.99 Å². The third-order valence-corrected chi connectivity index (χ3v) is 4.73. The minimum atomic E-state index is -4.50. The molecule has 3 N–H and O–H groups in total. The molecule has 0 aliphatic carbocycles. The molecule has 1 fully saturated rings. The molecule has 2 aromatic rings. The van der Waals surface area contributed by atoms with Crippen molar-refractivity contribution >= 4 is 29.3 Å². The minimum Gasteiger partial charge on any atom is -0.355 e. The van der Waals surface area contributed by atoms with Crippen molar-refractivity contribution < 1.29 is 13.2 Å². The lowest BCUT2D eigenvalue weighted by Gasteiger charge is -2.20. The number of aromatic nitrogens is 3. The Balaban J connectivity index is 1.43. The van der Waals surface area contributed by atoms with Gasteiger partial charge in [0.2, 0.25) is 5.95 Å². The molecule has 0 radical (unpaired) electrons. The Kier molecular flexibility index (Phi) is 7.14. The fourth-order valence-corrected chi connectivity index (χ4v) is 3.27. The predicted molar refractivity (Wildman–Crippen MR) is 110 cm³/mol. The van der Waals surface area contributed by atoms with E-state index in [1.165, 1.54) is 0 Å². The van der Waals surface area contributed by atoms with E-state index in [1.807, 2.05) is 6.07 Å². The van der Waals surface area contributed by atoms with Crippen LogP contribution in [0.5, 0.6) is 0 Å². The fourth-order valence-electron chi connectivity index (χ4n) is 3.03. The largest absolute Gasteiger partial charge is 0.433 e. The molecule has 1 aliphatic rings. The number of aliphatic imine (C=N–C) groups is 1. The highest BCUT2D eigenvalue weighted by molar-refractivity contribution is 6.32. The Morgan fingerprint density at radius 1 is 1.27 bits per heavy atom. The summed E-state index contributed by atoms with van der Waals surface area (Å²) in [6.07, 6.45) is -0.822. The summed E-state index contributed by atoms with van der Waals surface area (Å²) >= 11 is 6.21. The summed E-state index contributed by atoms with van der Waals surface area (Å²) in [6, 6.07) is 4.60. The summed E-state index contributed by atoms with van der Waals surface area (Å²) in [5.41, 5.74) is -0.982.